The second-order valence-electron chi connectivity index (χ2n) is 10.4. The zero-order valence-electron chi connectivity index (χ0n) is 25.3. The summed E-state index contributed by atoms with van der Waals surface area (Å²) in [6, 6.07) is 11.7. The number of nitrogens with one attached hydrogen (secondary N) is 2. The van der Waals surface area contributed by atoms with Crippen LogP contribution in [0.1, 0.15) is 69.3 Å². The van der Waals surface area contributed by atoms with Crippen LogP contribution in [0.25, 0.3) is 0 Å². The Morgan fingerprint density at radius 1 is 1.20 bits per heavy atom. The molecule has 4 heterocycles. The number of ether oxygens (including phenoxy) is 2. The molecule has 2 unspecified atom stereocenters. The standard InChI is InChI=1S/C31H37N5O3.C2H6.H2/c1-19-9-10-23(13-26(19)22(4)38-5)31(37)33-16-25-14-29-24(15-32-25)11-12-28(34-29)27-7-6-8-30(35-27)36-17-20(2)39-21(3)18-36;1-2;/h6-15,20-22,29,32H,16-18H2,1-5H3,(H,33,37);1-2H3;1H/t20-,21+,22?,29?;;. The van der Waals surface area contributed by atoms with Crippen molar-refractivity contribution in [2.75, 3.05) is 31.6 Å². The van der Waals surface area contributed by atoms with Crippen LogP contribution in [-0.4, -0.2) is 61.6 Å². The Hall–Kier alpha value is -3.75. The monoisotopic (exact) mass is 559 g/mol. The zero-order valence-corrected chi connectivity index (χ0v) is 25.3. The van der Waals surface area contributed by atoms with Crippen LogP contribution in [0.3, 0.4) is 0 Å². The largest absolute Gasteiger partial charge is 0.377 e. The minimum atomic E-state index is -0.138. The molecule has 3 aliphatic heterocycles. The van der Waals surface area contributed by atoms with E-state index in [2.05, 4.69) is 41.5 Å². The average Bonchev–Trinajstić information content (AvgIpc) is 3.00. The highest BCUT2D eigenvalue weighted by atomic mass is 16.5. The van der Waals surface area contributed by atoms with E-state index in [4.69, 9.17) is 19.5 Å². The normalized spacial score (nSPS) is 22.2. The second-order valence-corrected chi connectivity index (χ2v) is 10.4. The Bertz CT molecular complexity index is 1360. The van der Waals surface area contributed by atoms with Crippen molar-refractivity contribution in [1.29, 1.82) is 0 Å². The van der Waals surface area contributed by atoms with E-state index in [1.807, 2.05) is 76.4 Å². The summed E-state index contributed by atoms with van der Waals surface area (Å²) in [5.74, 6) is 0.813. The number of morpholine rings is 1. The molecule has 1 amide bonds. The maximum atomic E-state index is 12.9. The summed E-state index contributed by atoms with van der Waals surface area (Å²) in [7, 11) is 1.67. The van der Waals surface area contributed by atoms with Gasteiger partial charge in [-0.3, -0.25) is 9.79 Å². The van der Waals surface area contributed by atoms with Gasteiger partial charge >= 0.3 is 0 Å². The minimum absolute atomic E-state index is 0. The predicted molar refractivity (Wildman–Crippen MR) is 168 cm³/mol. The number of nitrogens with zero attached hydrogens (tertiary/aromatic N) is 3. The number of dihydropyridines is 2. The van der Waals surface area contributed by atoms with Gasteiger partial charge in [-0.2, -0.15) is 0 Å². The zero-order chi connectivity index (χ0) is 29.5. The molecule has 0 aliphatic carbocycles. The van der Waals surface area contributed by atoms with Crippen molar-refractivity contribution >= 4 is 17.4 Å². The van der Waals surface area contributed by atoms with Crippen molar-refractivity contribution in [2.45, 2.75) is 65.9 Å². The molecule has 2 aromatic rings. The van der Waals surface area contributed by atoms with Crippen molar-refractivity contribution in [2.24, 2.45) is 4.99 Å². The number of carbonyl (C=O) groups is 1. The first-order valence-corrected chi connectivity index (χ1v) is 14.5. The lowest BCUT2D eigenvalue weighted by molar-refractivity contribution is -0.00546. The van der Waals surface area contributed by atoms with Gasteiger partial charge in [0.2, 0.25) is 0 Å². The van der Waals surface area contributed by atoms with Crippen LogP contribution in [0.4, 0.5) is 5.82 Å². The summed E-state index contributed by atoms with van der Waals surface area (Å²) >= 11 is 0. The molecule has 8 heteroatoms. The summed E-state index contributed by atoms with van der Waals surface area (Å²) in [5.41, 5.74) is 6.38. The van der Waals surface area contributed by atoms with Crippen molar-refractivity contribution in [3.8, 4) is 0 Å². The number of amides is 1. The number of hydrogen-bond donors (Lipinski definition) is 2. The topological polar surface area (TPSA) is 88.1 Å². The number of aromatic nitrogens is 1. The molecule has 4 atom stereocenters. The molecule has 0 saturated carbocycles. The molecule has 0 spiro atoms. The van der Waals surface area contributed by atoms with Crippen molar-refractivity contribution in [3.05, 3.63) is 94.5 Å². The molecular formula is C33H45N5O3. The lowest BCUT2D eigenvalue weighted by atomic mass is 9.99. The van der Waals surface area contributed by atoms with E-state index in [9.17, 15) is 4.79 Å². The molecule has 1 aromatic carbocycles. The molecule has 2 N–H and O–H groups in total. The number of rotatable bonds is 7. The number of carbonyl (C=O) groups excluding carboxylic acids is 1. The first-order chi connectivity index (χ1) is 19.8. The minimum Gasteiger partial charge on any atom is -0.377 e. The van der Waals surface area contributed by atoms with E-state index in [1.54, 1.807) is 7.11 Å². The van der Waals surface area contributed by atoms with Crippen LogP contribution in [0.15, 0.2) is 77.1 Å². The molecule has 3 aliphatic rings. The van der Waals surface area contributed by atoms with Gasteiger partial charge in [0.15, 0.2) is 0 Å². The predicted octanol–water partition coefficient (Wildman–Crippen LogP) is 5.51. The molecule has 0 radical (unpaired) electrons. The third-order valence-electron chi connectivity index (χ3n) is 7.35. The molecule has 8 nitrogen and oxygen atoms in total. The fourth-order valence-electron chi connectivity index (χ4n) is 5.22. The molecule has 41 heavy (non-hydrogen) atoms. The number of allylic oxidation sites excluding steroid dienone is 1. The van der Waals surface area contributed by atoms with Gasteiger partial charge in [0, 0.05) is 39.1 Å². The van der Waals surface area contributed by atoms with Crippen molar-refractivity contribution in [3.63, 3.8) is 0 Å². The number of aliphatic imine (C=N–C) groups is 1. The highest BCUT2D eigenvalue weighted by molar-refractivity contribution is 6.08. The Kier molecular flexibility index (Phi) is 10.1. The molecule has 5 rings (SSSR count). The number of aryl methyl sites for hydroxylation is 1. The van der Waals surface area contributed by atoms with Gasteiger partial charge in [-0.05, 0) is 80.8 Å². The van der Waals surface area contributed by atoms with Crippen LogP contribution in [0.5, 0.6) is 0 Å². The lowest BCUT2D eigenvalue weighted by Crippen LogP contribution is -2.45. The molecular weight excluding hydrogens is 514 g/mol. The Balaban J connectivity index is 0.00000158. The summed E-state index contributed by atoms with van der Waals surface area (Å²) in [5, 5.41) is 6.32. The van der Waals surface area contributed by atoms with Crippen LogP contribution < -0.4 is 15.5 Å². The first kappa shape index (κ1) is 30.2. The Morgan fingerprint density at radius 3 is 2.68 bits per heavy atom. The number of methoxy groups -OCH3 is 1. The third kappa shape index (κ3) is 7.31. The van der Waals surface area contributed by atoms with Crippen LogP contribution in [0.2, 0.25) is 0 Å². The number of benzene rings is 1. The van der Waals surface area contributed by atoms with E-state index in [0.29, 0.717) is 12.1 Å². The molecule has 220 valence electrons. The molecule has 1 aromatic heterocycles. The van der Waals surface area contributed by atoms with Gasteiger partial charge in [0.05, 0.1) is 42.3 Å². The third-order valence-corrected chi connectivity index (χ3v) is 7.35. The van der Waals surface area contributed by atoms with Crippen molar-refractivity contribution in [1.82, 2.24) is 15.6 Å². The summed E-state index contributed by atoms with van der Waals surface area (Å²) in [6.07, 6.45) is 8.35. The highest BCUT2D eigenvalue weighted by Crippen LogP contribution is 2.24. The second kappa shape index (κ2) is 13.7. The maximum Gasteiger partial charge on any atom is 0.251 e. The van der Waals surface area contributed by atoms with E-state index >= 15 is 0 Å². The van der Waals surface area contributed by atoms with Crippen LogP contribution in [-0.2, 0) is 9.47 Å². The van der Waals surface area contributed by atoms with Crippen molar-refractivity contribution < 1.29 is 15.7 Å². The van der Waals surface area contributed by atoms with Gasteiger partial charge < -0.3 is 25.0 Å². The summed E-state index contributed by atoms with van der Waals surface area (Å²) in [4.78, 5) is 25.1. The fourth-order valence-corrected chi connectivity index (χ4v) is 5.22. The van der Waals surface area contributed by atoms with E-state index in [-0.39, 0.29) is 31.7 Å². The van der Waals surface area contributed by atoms with E-state index < -0.39 is 0 Å². The van der Waals surface area contributed by atoms with Gasteiger partial charge in [-0.15, -0.1) is 0 Å². The average molecular weight is 560 g/mol. The Labute approximate surface area is 245 Å². The number of hydrogen-bond acceptors (Lipinski definition) is 7. The Morgan fingerprint density at radius 2 is 1.95 bits per heavy atom. The maximum absolute atomic E-state index is 12.9. The van der Waals surface area contributed by atoms with Gasteiger partial charge in [-0.25, -0.2) is 4.98 Å². The first-order valence-electron chi connectivity index (χ1n) is 14.5. The van der Waals surface area contributed by atoms with Crippen LogP contribution in [0, 0.1) is 6.92 Å². The molecule has 1 saturated heterocycles. The smallest absolute Gasteiger partial charge is 0.251 e. The van der Waals surface area contributed by atoms with Crippen LogP contribution >= 0.6 is 0 Å². The molecule has 0 bridgehead atoms. The summed E-state index contributed by atoms with van der Waals surface area (Å²) in [6.45, 7) is 14.2. The summed E-state index contributed by atoms with van der Waals surface area (Å²) < 4.78 is 11.3. The SMILES string of the molecule is CC.COC(C)c1cc(C(=O)NCC2=CC3N=C(c4cccc(N5C[C@@H](C)O[C@@H](C)C5)n4)C=CC3=CN2)ccc1C.[HH]. The lowest BCUT2D eigenvalue weighted by Gasteiger charge is -2.36. The number of anilines is 1. The highest BCUT2D eigenvalue weighted by Gasteiger charge is 2.24. The van der Waals surface area contributed by atoms with Gasteiger partial charge in [-0.1, -0.05) is 32.1 Å². The fraction of sp³-hybridized carbons (Fsp3) is 0.424. The van der Waals surface area contributed by atoms with E-state index in [1.165, 1.54) is 0 Å². The van der Waals surface area contributed by atoms with Gasteiger partial charge in [0.25, 0.3) is 5.91 Å². The quantitative estimate of drug-likeness (QED) is 0.465. The molecule has 1 fully saturated rings. The number of pyridine rings is 1. The van der Waals surface area contributed by atoms with Gasteiger partial charge in [0.1, 0.15) is 5.82 Å². The van der Waals surface area contributed by atoms with E-state index in [0.717, 1.165) is 52.7 Å². The number of fused-ring (bicyclic) bond motifs is 1.